The minimum atomic E-state index is 0. The largest absolute Gasteiger partial charge is 0.373 e. The van der Waals surface area contributed by atoms with Gasteiger partial charge in [-0.25, -0.2) is 4.68 Å². The van der Waals surface area contributed by atoms with E-state index in [1.165, 1.54) is 0 Å². The van der Waals surface area contributed by atoms with Crippen molar-refractivity contribution in [2.24, 2.45) is 0 Å². The molecule has 1 aromatic carbocycles. The summed E-state index contributed by atoms with van der Waals surface area (Å²) in [7, 11) is 0. The van der Waals surface area contributed by atoms with Crippen LogP contribution in [0.2, 0.25) is 0 Å². The van der Waals surface area contributed by atoms with Crippen LogP contribution in [0.25, 0.3) is 5.69 Å². The van der Waals surface area contributed by atoms with Gasteiger partial charge in [-0.2, -0.15) is 5.10 Å². The smallest absolute Gasteiger partial charge is 0.257 e. The van der Waals surface area contributed by atoms with Crippen LogP contribution in [0.3, 0.4) is 0 Å². The van der Waals surface area contributed by atoms with E-state index < -0.39 is 0 Å². The average Bonchev–Trinajstić information content (AvgIpc) is 3.21. The third-order valence-corrected chi connectivity index (χ3v) is 5.04. The summed E-state index contributed by atoms with van der Waals surface area (Å²) < 4.78 is 7.62. The third-order valence-electron chi connectivity index (χ3n) is 5.04. The zero-order valence-electron chi connectivity index (χ0n) is 14.4. The van der Waals surface area contributed by atoms with Crippen molar-refractivity contribution < 1.29 is 9.53 Å². The van der Waals surface area contributed by atoms with Crippen molar-refractivity contribution in [3.63, 3.8) is 0 Å². The predicted octanol–water partition coefficient (Wildman–Crippen LogP) is 1.72. The standard InChI is InChI=1S/C18H22N4O2.ClH/c1-12-5-3-4-6-15(12)22-13(2)14(9-20-22)18(23)21-7-8-24-17-11-19-10-16(17)21;/h3-6,9,16-17,19H,7-8,10-11H2,1-2H3;1H/t16-,17+;/m1./s1. The number of nitrogens with one attached hydrogen (secondary N) is 1. The van der Waals surface area contributed by atoms with E-state index in [1.807, 2.05) is 34.7 Å². The zero-order valence-corrected chi connectivity index (χ0v) is 15.3. The molecule has 0 spiro atoms. The molecule has 4 rings (SSSR count). The van der Waals surface area contributed by atoms with Crippen LogP contribution in [0.4, 0.5) is 0 Å². The summed E-state index contributed by atoms with van der Waals surface area (Å²) in [5.41, 5.74) is 3.69. The highest BCUT2D eigenvalue weighted by Crippen LogP contribution is 2.23. The number of hydrogen-bond acceptors (Lipinski definition) is 4. The van der Waals surface area contributed by atoms with E-state index in [9.17, 15) is 4.79 Å². The summed E-state index contributed by atoms with van der Waals surface area (Å²) in [5.74, 6) is 0.0503. The SMILES string of the molecule is Cc1ccccc1-n1ncc(C(=O)N2CCO[C@H]3CNC[C@H]32)c1C.Cl. The Balaban J connectivity index is 0.00000182. The molecule has 0 aliphatic carbocycles. The van der Waals surface area contributed by atoms with Crippen LogP contribution in [0.5, 0.6) is 0 Å². The number of nitrogens with zero attached hydrogens (tertiary/aromatic N) is 3. The van der Waals surface area contributed by atoms with Crippen LogP contribution in [0, 0.1) is 13.8 Å². The van der Waals surface area contributed by atoms with Crippen molar-refractivity contribution in [1.29, 1.82) is 0 Å². The van der Waals surface area contributed by atoms with Crippen LogP contribution in [0.1, 0.15) is 21.6 Å². The molecule has 1 aromatic heterocycles. The maximum Gasteiger partial charge on any atom is 0.257 e. The molecule has 0 unspecified atom stereocenters. The molecule has 0 bridgehead atoms. The Morgan fingerprint density at radius 1 is 1.28 bits per heavy atom. The van der Waals surface area contributed by atoms with E-state index in [0.717, 1.165) is 30.0 Å². The maximum absolute atomic E-state index is 13.1. The van der Waals surface area contributed by atoms with Crippen LogP contribution in [-0.2, 0) is 4.74 Å². The summed E-state index contributed by atoms with van der Waals surface area (Å²) in [6.45, 7) is 6.85. The van der Waals surface area contributed by atoms with Crippen LogP contribution >= 0.6 is 12.4 Å². The quantitative estimate of drug-likeness (QED) is 0.883. The number of amides is 1. The molecule has 1 N–H and O–H groups in total. The highest BCUT2D eigenvalue weighted by molar-refractivity contribution is 5.95. The second-order valence-electron chi connectivity index (χ2n) is 6.48. The molecule has 2 atom stereocenters. The van der Waals surface area contributed by atoms with Gasteiger partial charge in [-0.1, -0.05) is 18.2 Å². The van der Waals surface area contributed by atoms with Gasteiger partial charge in [-0.05, 0) is 25.5 Å². The van der Waals surface area contributed by atoms with Crippen molar-refractivity contribution in [3.8, 4) is 5.69 Å². The number of hydrogen-bond donors (Lipinski definition) is 1. The first-order valence-corrected chi connectivity index (χ1v) is 8.40. The van der Waals surface area contributed by atoms with Gasteiger partial charge in [-0.3, -0.25) is 4.79 Å². The van der Waals surface area contributed by atoms with Gasteiger partial charge >= 0.3 is 0 Å². The van der Waals surface area contributed by atoms with E-state index >= 15 is 0 Å². The third kappa shape index (κ3) is 3.05. The molecule has 2 aromatic rings. The molecule has 25 heavy (non-hydrogen) atoms. The Labute approximate surface area is 153 Å². The number of carbonyl (C=O) groups is 1. The first-order valence-electron chi connectivity index (χ1n) is 8.40. The fourth-order valence-corrected chi connectivity index (χ4v) is 3.66. The van der Waals surface area contributed by atoms with Gasteiger partial charge in [0.1, 0.15) is 0 Å². The molecule has 134 valence electrons. The number of halogens is 1. The van der Waals surface area contributed by atoms with Crippen molar-refractivity contribution in [3.05, 3.63) is 47.3 Å². The second kappa shape index (κ2) is 7.15. The second-order valence-corrected chi connectivity index (χ2v) is 6.48. The van der Waals surface area contributed by atoms with Crippen molar-refractivity contribution in [1.82, 2.24) is 20.0 Å². The Morgan fingerprint density at radius 3 is 2.88 bits per heavy atom. The van der Waals surface area contributed by atoms with Crippen molar-refractivity contribution in [2.45, 2.75) is 26.0 Å². The van der Waals surface area contributed by atoms with E-state index in [-0.39, 0.29) is 30.5 Å². The normalized spacial score (nSPS) is 22.4. The Hall–Kier alpha value is -1.89. The number of para-hydroxylation sites is 1. The lowest BCUT2D eigenvalue weighted by Crippen LogP contribution is -2.53. The van der Waals surface area contributed by atoms with Crippen LogP contribution in [0.15, 0.2) is 30.5 Å². The molecular formula is C18H23ClN4O2. The number of aryl methyl sites for hydroxylation is 1. The van der Waals surface area contributed by atoms with Gasteiger partial charge in [0.25, 0.3) is 5.91 Å². The minimum absolute atomic E-state index is 0. The van der Waals surface area contributed by atoms with Gasteiger partial charge in [0, 0.05) is 19.6 Å². The number of rotatable bonds is 2. The topological polar surface area (TPSA) is 59.4 Å². The summed E-state index contributed by atoms with van der Waals surface area (Å²) in [5, 5.41) is 7.78. The highest BCUT2D eigenvalue weighted by Gasteiger charge is 2.39. The lowest BCUT2D eigenvalue weighted by Gasteiger charge is -2.36. The zero-order chi connectivity index (χ0) is 16.7. The number of morpholine rings is 1. The van der Waals surface area contributed by atoms with Crippen LogP contribution in [-0.4, -0.2) is 59.0 Å². The minimum Gasteiger partial charge on any atom is -0.373 e. The molecule has 0 radical (unpaired) electrons. The molecule has 2 aliphatic heterocycles. The molecule has 2 aliphatic rings. The lowest BCUT2D eigenvalue weighted by atomic mass is 10.1. The monoisotopic (exact) mass is 362 g/mol. The fraction of sp³-hybridized carbons (Fsp3) is 0.444. The number of fused-ring (bicyclic) bond motifs is 1. The predicted molar refractivity (Wildman–Crippen MR) is 97.7 cm³/mol. The molecule has 7 heteroatoms. The van der Waals surface area contributed by atoms with Crippen molar-refractivity contribution >= 4 is 18.3 Å². The van der Waals surface area contributed by atoms with E-state index in [0.29, 0.717) is 18.7 Å². The molecule has 3 heterocycles. The molecular weight excluding hydrogens is 340 g/mol. The molecule has 2 saturated heterocycles. The number of carbonyl (C=O) groups excluding carboxylic acids is 1. The molecule has 0 saturated carbocycles. The Bertz CT molecular complexity index is 776. The Morgan fingerprint density at radius 2 is 2.08 bits per heavy atom. The maximum atomic E-state index is 13.1. The lowest BCUT2D eigenvalue weighted by molar-refractivity contribution is -0.0365. The molecule has 1 amide bonds. The fourth-order valence-electron chi connectivity index (χ4n) is 3.66. The summed E-state index contributed by atoms with van der Waals surface area (Å²) in [4.78, 5) is 15.0. The Kier molecular flexibility index (Phi) is 5.13. The number of aromatic nitrogens is 2. The van der Waals surface area contributed by atoms with Gasteiger partial charge in [0.05, 0.1) is 41.9 Å². The van der Waals surface area contributed by atoms with Crippen molar-refractivity contribution in [2.75, 3.05) is 26.2 Å². The van der Waals surface area contributed by atoms with Gasteiger partial charge in [-0.15, -0.1) is 12.4 Å². The van der Waals surface area contributed by atoms with Gasteiger partial charge in [0.15, 0.2) is 0 Å². The van der Waals surface area contributed by atoms with Crippen LogP contribution < -0.4 is 5.32 Å². The van der Waals surface area contributed by atoms with Gasteiger partial charge in [0.2, 0.25) is 0 Å². The summed E-state index contributed by atoms with van der Waals surface area (Å²) in [6.07, 6.45) is 1.80. The van der Waals surface area contributed by atoms with E-state index in [1.54, 1.807) is 6.20 Å². The number of benzene rings is 1. The molecule has 2 fully saturated rings. The highest BCUT2D eigenvalue weighted by atomic mass is 35.5. The van der Waals surface area contributed by atoms with E-state index in [4.69, 9.17) is 4.74 Å². The average molecular weight is 363 g/mol. The van der Waals surface area contributed by atoms with Gasteiger partial charge < -0.3 is 15.0 Å². The first kappa shape index (κ1) is 17.9. The van der Waals surface area contributed by atoms with E-state index in [2.05, 4.69) is 23.4 Å². The molecule has 6 nitrogen and oxygen atoms in total. The number of ether oxygens (including phenoxy) is 1. The summed E-state index contributed by atoms with van der Waals surface area (Å²) >= 11 is 0. The summed E-state index contributed by atoms with van der Waals surface area (Å²) in [6, 6.07) is 8.18. The first-order chi connectivity index (χ1) is 11.7.